The molecule has 4 amide bonds. The number of ether oxygens (including phenoxy) is 2. The minimum Gasteiger partial charge on any atom is -0.480 e. The standard InChI is InChI=1S/C56H66N4O8S/c1-7-8-33-47(52(63)64)58-50(61)48-34-41-25-21-22-26-42(41)35-59(48)51(62)49(39(2)3)60(54(66)67-37-40-23-13-9-14-24-40)36-46(57-53(65)68-55(4,5)6)38-69-56(43-27-15-10-16-28-43,44-29-17-11-18-30-44)45-31-19-12-20-32-45/h9-32,39,46-49H,7-8,33-38H2,1-6H3,(H,57,65)(H,58,61)(H,63,64)/t46?,47-,48+,49-/m0/s1. The van der Waals surface area contributed by atoms with E-state index in [1.807, 2.05) is 130 Å². The number of unbranched alkanes of at least 4 members (excludes halogenated alkanes) is 1. The zero-order valence-corrected chi connectivity index (χ0v) is 41.3. The van der Waals surface area contributed by atoms with Crippen molar-refractivity contribution < 1.29 is 38.6 Å². The quantitative estimate of drug-likeness (QED) is 0.0647. The van der Waals surface area contributed by atoms with E-state index in [2.05, 4.69) is 47.0 Å². The minimum atomic E-state index is -1.21. The number of nitrogens with one attached hydrogen (secondary N) is 2. The molecule has 6 rings (SSSR count). The lowest BCUT2D eigenvalue weighted by molar-refractivity contribution is -0.148. The second kappa shape index (κ2) is 24.1. The van der Waals surface area contributed by atoms with E-state index in [1.54, 1.807) is 32.5 Å². The molecule has 4 atom stereocenters. The van der Waals surface area contributed by atoms with Crippen LogP contribution in [0.1, 0.15) is 94.2 Å². The molecule has 1 heterocycles. The number of aliphatic carboxylic acids is 1. The maximum absolute atomic E-state index is 15.6. The fourth-order valence-electron chi connectivity index (χ4n) is 8.82. The number of rotatable bonds is 20. The molecule has 1 aliphatic rings. The van der Waals surface area contributed by atoms with Gasteiger partial charge in [-0.1, -0.05) is 179 Å². The predicted octanol–water partition coefficient (Wildman–Crippen LogP) is 9.98. The summed E-state index contributed by atoms with van der Waals surface area (Å²) in [4.78, 5) is 74.1. The van der Waals surface area contributed by atoms with Crippen molar-refractivity contribution in [2.24, 2.45) is 5.92 Å². The molecule has 0 radical (unpaired) electrons. The number of carboxylic acid groups (broad SMARTS) is 1. The Morgan fingerprint density at radius 1 is 0.754 bits per heavy atom. The summed E-state index contributed by atoms with van der Waals surface area (Å²) in [6.07, 6.45) is 0.190. The van der Waals surface area contributed by atoms with Gasteiger partial charge in [-0.2, -0.15) is 0 Å². The first-order valence-electron chi connectivity index (χ1n) is 23.8. The van der Waals surface area contributed by atoms with Crippen LogP contribution in [0.15, 0.2) is 146 Å². The molecule has 0 bridgehead atoms. The summed E-state index contributed by atoms with van der Waals surface area (Å²) in [7, 11) is 0. The Morgan fingerprint density at radius 2 is 1.28 bits per heavy atom. The topological polar surface area (TPSA) is 155 Å². The Balaban J connectivity index is 1.44. The molecule has 12 nitrogen and oxygen atoms in total. The number of carbonyl (C=O) groups is 5. The average molecular weight is 955 g/mol. The number of fused-ring (bicyclic) bond motifs is 1. The summed E-state index contributed by atoms with van der Waals surface area (Å²) in [5, 5.41) is 15.9. The maximum atomic E-state index is 15.6. The van der Waals surface area contributed by atoms with Crippen LogP contribution < -0.4 is 10.6 Å². The summed E-state index contributed by atoms with van der Waals surface area (Å²) in [6.45, 7) is 10.7. The van der Waals surface area contributed by atoms with Crippen LogP contribution in [0.4, 0.5) is 9.59 Å². The van der Waals surface area contributed by atoms with E-state index >= 15 is 4.79 Å². The van der Waals surface area contributed by atoms with Gasteiger partial charge in [-0.3, -0.25) is 14.5 Å². The molecule has 0 aromatic heterocycles. The van der Waals surface area contributed by atoms with Crippen LogP contribution in [0.3, 0.4) is 0 Å². The molecule has 0 fully saturated rings. The van der Waals surface area contributed by atoms with E-state index in [1.165, 1.54) is 9.80 Å². The maximum Gasteiger partial charge on any atom is 0.410 e. The Hall–Kier alpha value is -6.60. The molecular formula is C56H66N4O8S. The fourth-order valence-corrected chi connectivity index (χ4v) is 10.4. The Bertz CT molecular complexity index is 2370. The molecule has 0 saturated carbocycles. The van der Waals surface area contributed by atoms with E-state index in [0.29, 0.717) is 6.42 Å². The molecule has 0 saturated heterocycles. The van der Waals surface area contributed by atoms with Crippen LogP contribution >= 0.6 is 11.8 Å². The van der Waals surface area contributed by atoms with Crippen molar-refractivity contribution in [3.05, 3.63) is 179 Å². The van der Waals surface area contributed by atoms with E-state index in [9.17, 15) is 24.3 Å². The highest BCUT2D eigenvalue weighted by atomic mass is 32.2. The highest BCUT2D eigenvalue weighted by Gasteiger charge is 2.45. The van der Waals surface area contributed by atoms with E-state index in [-0.39, 0.29) is 38.3 Å². The van der Waals surface area contributed by atoms with Crippen LogP contribution in [0.5, 0.6) is 0 Å². The van der Waals surface area contributed by atoms with Crippen LogP contribution in [-0.4, -0.2) is 86.9 Å². The number of nitrogens with zero attached hydrogens (tertiary/aromatic N) is 2. The van der Waals surface area contributed by atoms with E-state index < -0.39 is 70.4 Å². The van der Waals surface area contributed by atoms with Crippen molar-refractivity contribution in [3.63, 3.8) is 0 Å². The van der Waals surface area contributed by atoms with Gasteiger partial charge in [-0.25, -0.2) is 14.4 Å². The van der Waals surface area contributed by atoms with Gasteiger partial charge in [0.05, 0.1) is 10.8 Å². The van der Waals surface area contributed by atoms with Crippen LogP contribution in [-0.2, 0) is 48.2 Å². The van der Waals surface area contributed by atoms with Crippen molar-refractivity contribution in [1.82, 2.24) is 20.4 Å². The Kier molecular flexibility index (Phi) is 18.1. The van der Waals surface area contributed by atoms with Gasteiger partial charge in [0.25, 0.3) is 0 Å². The lowest BCUT2D eigenvalue weighted by atomic mass is 9.84. The molecule has 69 heavy (non-hydrogen) atoms. The highest BCUT2D eigenvalue weighted by molar-refractivity contribution is 8.00. The zero-order chi connectivity index (χ0) is 49.6. The highest BCUT2D eigenvalue weighted by Crippen LogP contribution is 2.48. The molecule has 3 N–H and O–H groups in total. The monoisotopic (exact) mass is 954 g/mol. The van der Waals surface area contributed by atoms with Crippen LogP contribution in [0.2, 0.25) is 0 Å². The Labute approximate surface area is 411 Å². The van der Waals surface area contributed by atoms with Gasteiger partial charge in [0.2, 0.25) is 11.8 Å². The lowest BCUT2D eigenvalue weighted by Gasteiger charge is -2.42. The SMILES string of the molecule is CCCC[C@H](NC(=O)[C@H]1Cc2ccccc2CN1C(=O)[C@H](C(C)C)N(CC(CSC(c1ccccc1)(c1ccccc1)c1ccccc1)NC(=O)OC(C)(C)C)C(=O)OCc1ccccc1)C(=O)O. The molecule has 5 aromatic rings. The van der Waals surface area contributed by atoms with E-state index in [0.717, 1.165) is 39.8 Å². The van der Waals surface area contributed by atoms with Crippen molar-refractivity contribution in [2.45, 2.75) is 115 Å². The molecule has 5 aromatic carbocycles. The molecule has 364 valence electrons. The summed E-state index contributed by atoms with van der Waals surface area (Å²) in [5.41, 5.74) is 4.55. The van der Waals surface area contributed by atoms with Crippen LogP contribution in [0, 0.1) is 5.92 Å². The number of hydrogen-bond acceptors (Lipinski definition) is 8. The second-order valence-corrected chi connectivity index (χ2v) is 20.0. The molecule has 1 aliphatic heterocycles. The third kappa shape index (κ3) is 13.6. The minimum absolute atomic E-state index is 0.0408. The largest absolute Gasteiger partial charge is 0.480 e. The first-order valence-corrected chi connectivity index (χ1v) is 24.8. The van der Waals surface area contributed by atoms with Gasteiger partial charge >= 0.3 is 18.2 Å². The van der Waals surface area contributed by atoms with Gasteiger partial charge in [0, 0.05) is 25.3 Å². The number of hydrogen-bond donors (Lipinski definition) is 3. The predicted molar refractivity (Wildman–Crippen MR) is 270 cm³/mol. The molecule has 13 heteroatoms. The lowest BCUT2D eigenvalue weighted by Crippen LogP contribution is -2.62. The number of amides is 4. The van der Waals surface area contributed by atoms with Gasteiger partial charge in [-0.05, 0) is 66.5 Å². The number of carbonyl (C=O) groups excluding carboxylic acids is 4. The molecular weight excluding hydrogens is 889 g/mol. The fraction of sp³-hybridized carbons (Fsp3) is 0.375. The smallest absolute Gasteiger partial charge is 0.410 e. The summed E-state index contributed by atoms with van der Waals surface area (Å²) in [6, 6.07) is 42.8. The summed E-state index contributed by atoms with van der Waals surface area (Å²) in [5.74, 6) is -2.59. The third-order valence-corrected chi connectivity index (χ3v) is 13.8. The van der Waals surface area contributed by atoms with Crippen LogP contribution in [0.25, 0.3) is 0 Å². The van der Waals surface area contributed by atoms with Crippen molar-refractivity contribution in [3.8, 4) is 0 Å². The Morgan fingerprint density at radius 3 is 1.78 bits per heavy atom. The molecule has 0 aliphatic carbocycles. The molecule has 1 unspecified atom stereocenters. The van der Waals surface area contributed by atoms with Gasteiger partial charge in [-0.15, -0.1) is 11.8 Å². The van der Waals surface area contributed by atoms with Crippen molar-refractivity contribution >= 4 is 41.7 Å². The zero-order valence-electron chi connectivity index (χ0n) is 40.5. The van der Waals surface area contributed by atoms with Crippen molar-refractivity contribution in [2.75, 3.05) is 12.3 Å². The first-order chi connectivity index (χ1) is 33.1. The van der Waals surface area contributed by atoms with Gasteiger partial charge in [0.15, 0.2) is 0 Å². The summed E-state index contributed by atoms with van der Waals surface area (Å²) >= 11 is 1.58. The average Bonchev–Trinajstić information content (AvgIpc) is 3.34. The number of alkyl carbamates (subject to hydrolysis) is 1. The van der Waals surface area contributed by atoms with E-state index in [4.69, 9.17) is 9.47 Å². The van der Waals surface area contributed by atoms with Gasteiger partial charge in [0.1, 0.15) is 30.3 Å². The van der Waals surface area contributed by atoms with Gasteiger partial charge < -0.3 is 30.1 Å². The first kappa shape index (κ1) is 51.8. The number of carboxylic acids is 1. The second-order valence-electron chi connectivity index (χ2n) is 18.8. The number of thioether (sulfide) groups is 1. The summed E-state index contributed by atoms with van der Waals surface area (Å²) < 4.78 is 11.1. The normalized spacial score (nSPS) is 14.9. The molecule has 0 spiro atoms. The third-order valence-electron chi connectivity index (χ3n) is 12.1. The number of benzene rings is 5. The van der Waals surface area contributed by atoms with Crippen molar-refractivity contribution in [1.29, 1.82) is 0 Å².